The maximum Gasteiger partial charge on any atom is 0.0467 e. The summed E-state index contributed by atoms with van der Waals surface area (Å²) < 4.78 is 0. The van der Waals surface area contributed by atoms with Crippen LogP contribution < -0.4 is 4.90 Å². The smallest absolute Gasteiger partial charge is 0.0467 e. The fourth-order valence-corrected chi connectivity index (χ4v) is 8.07. The molecule has 0 fully saturated rings. The summed E-state index contributed by atoms with van der Waals surface area (Å²) in [6.45, 7) is 0. The lowest BCUT2D eigenvalue weighted by Crippen LogP contribution is -2.09. The maximum absolute atomic E-state index is 2.37. The predicted molar refractivity (Wildman–Crippen MR) is 227 cm³/mol. The Balaban J connectivity index is 1.06. The Labute approximate surface area is 309 Å². The molecule has 10 aromatic rings. The van der Waals surface area contributed by atoms with Gasteiger partial charge in [0.05, 0.1) is 0 Å². The molecule has 0 heterocycles. The average Bonchev–Trinajstić information content (AvgIpc) is 3.24. The van der Waals surface area contributed by atoms with Gasteiger partial charge in [-0.15, -0.1) is 0 Å². The molecular formula is C52H35N. The first kappa shape index (κ1) is 30.8. The Bertz CT molecular complexity index is 2920. The van der Waals surface area contributed by atoms with Gasteiger partial charge in [-0.25, -0.2) is 0 Å². The lowest BCUT2D eigenvalue weighted by molar-refractivity contribution is 1.28. The van der Waals surface area contributed by atoms with Crippen LogP contribution in [-0.2, 0) is 0 Å². The number of rotatable bonds is 6. The number of fused-ring (bicyclic) bond motifs is 6. The standard InChI is InChI=1S/C52H35N/c1-3-12-37(13-4-1)46-32-33-47(50-21-10-9-20-49(46)50)42-15-11-18-45(34-42)53(43-16-5-2-6-17-43)44-30-28-36(29-31-44)41-27-24-39-23-26-40-25-22-38-14-7-8-19-48(38)52(40)51(39)35-41/h1-35H. The van der Waals surface area contributed by atoms with Crippen LogP contribution in [0.25, 0.3) is 76.5 Å². The van der Waals surface area contributed by atoms with E-state index in [0.29, 0.717) is 0 Å². The second kappa shape index (κ2) is 13.0. The molecule has 0 N–H and O–H groups in total. The van der Waals surface area contributed by atoms with Crippen molar-refractivity contribution in [2.45, 2.75) is 0 Å². The summed E-state index contributed by atoms with van der Waals surface area (Å²) in [5.41, 5.74) is 10.6. The van der Waals surface area contributed by atoms with Gasteiger partial charge in [0.2, 0.25) is 0 Å². The van der Waals surface area contributed by atoms with Gasteiger partial charge in [-0.2, -0.15) is 0 Å². The number of para-hydroxylation sites is 1. The van der Waals surface area contributed by atoms with Crippen LogP contribution in [0.2, 0.25) is 0 Å². The summed E-state index contributed by atoms with van der Waals surface area (Å²) in [5.74, 6) is 0. The third-order valence-corrected chi connectivity index (χ3v) is 10.6. The zero-order valence-corrected chi connectivity index (χ0v) is 29.2. The summed E-state index contributed by atoms with van der Waals surface area (Å²) in [6.07, 6.45) is 0. The second-order valence-electron chi connectivity index (χ2n) is 13.7. The molecule has 0 radical (unpaired) electrons. The normalized spacial score (nSPS) is 11.4. The van der Waals surface area contributed by atoms with Gasteiger partial charge in [0.1, 0.15) is 0 Å². The van der Waals surface area contributed by atoms with Crippen molar-refractivity contribution >= 4 is 60.2 Å². The molecule has 0 spiro atoms. The molecule has 10 rings (SSSR count). The van der Waals surface area contributed by atoms with Gasteiger partial charge in [0.15, 0.2) is 0 Å². The van der Waals surface area contributed by atoms with Crippen LogP contribution in [0, 0.1) is 0 Å². The number of hydrogen-bond donors (Lipinski definition) is 0. The van der Waals surface area contributed by atoms with Crippen molar-refractivity contribution in [2.75, 3.05) is 4.90 Å². The van der Waals surface area contributed by atoms with E-state index in [1.54, 1.807) is 0 Å². The highest BCUT2D eigenvalue weighted by Crippen LogP contribution is 2.41. The quantitative estimate of drug-likeness (QED) is 0.159. The highest BCUT2D eigenvalue weighted by molar-refractivity contribution is 6.20. The van der Waals surface area contributed by atoms with Crippen LogP contribution in [0.4, 0.5) is 17.1 Å². The first-order valence-corrected chi connectivity index (χ1v) is 18.3. The van der Waals surface area contributed by atoms with Crippen molar-refractivity contribution in [3.63, 3.8) is 0 Å². The van der Waals surface area contributed by atoms with Crippen LogP contribution in [0.15, 0.2) is 212 Å². The van der Waals surface area contributed by atoms with Crippen molar-refractivity contribution in [1.82, 2.24) is 0 Å². The van der Waals surface area contributed by atoms with Crippen molar-refractivity contribution in [3.05, 3.63) is 212 Å². The summed E-state index contributed by atoms with van der Waals surface area (Å²) in [4.78, 5) is 2.36. The molecule has 1 heteroatoms. The van der Waals surface area contributed by atoms with Gasteiger partial charge in [-0.05, 0) is 119 Å². The molecular weight excluding hydrogens is 639 g/mol. The van der Waals surface area contributed by atoms with Crippen LogP contribution in [0.5, 0.6) is 0 Å². The van der Waals surface area contributed by atoms with E-state index < -0.39 is 0 Å². The van der Waals surface area contributed by atoms with Crippen molar-refractivity contribution in [1.29, 1.82) is 0 Å². The van der Waals surface area contributed by atoms with Crippen molar-refractivity contribution < 1.29 is 0 Å². The van der Waals surface area contributed by atoms with E-state index in [2.05, 4.69) is 217 Å². The van der Waals surface area contributed by atoms with E-state index in [-0.39, 0.29) is 0 Å². The zero-order chi connectivity index (χ0) is 35.1. The molecule has 0 aromatic heterocycles. The second-order valence-corrected chi connectivity index (χ2v) is 13.7. The molecule has 0 aliphatic rings. The fourth-order valence-electron chi connectivity index (χ4n) is 8.07. The first-order valence-electron chi connectivity index (χ1n) is 18.3. The topological polar surface area (TPSA) is 3.24 Å². The molecule has 248 valence electrons. The van der Waals surface area contributed by atoms with E-state index in [9.17, 15) is 0 Å². The Morgan fingerprint density at radius 2 is 0.755 bits per heavy atom. The van der Waals surface area contributed by atoms with Gasteiger partial charge in [0, 0.05) is 17.1 Å². The number of anilines is 3. The summed E-state index contributed by atoms with van der Waals surface area (Å²) in [7, 11) is 0. The molecule has 0 unspecified atom stereocenters. The summed E-state index contributed by atoms with van der Waals surface area (Å²) in [6, 6.07) is 77.1. The third-order valence-electron chi connectivity index (χ3n) is 10.6. The van der Waals surface area contributed by atoms with E-state index in [1.165, 1.54) is 76.5 Å². The minimum Gasteiger partial charge on any atom is -0.310 e. The number of nitrogens with zero attached hydrogens (tertiary/aromatic N) is 1. The molecule has 0 saturated heterocycles. The van der Waals surface area contributed by atoms with E-state index in [4.69, 9.17) is 0 Å². The predicted octanol–water partition coefficient (Wildman–Crippen LogP) is 14.8. The molecule has 0 atom stereocenters. The van der Waals surface area contributed by atoms with Crippen LogP contribution in [0.3, 0.4) is 0 Å². The molecule has 0 aliphatic heterocycles. The lowest BCUT2D eigenvalue weighted by Gasteiger charge is -2.26. The molecule has 0 bridgehead atoms. The number of hydrogen-bond acceptors (Lipinski definition) is 1. The monoisotopic (exact) mass is 673 g/mol. The van der Waals surface area contributed by atoms with Gasteiger partial charge < -0.3 is 4.90 Å². The Morgan fingerprint density at radius 3 is 1.49 bits per heavy atom. The van der Waals surface area contributed by atoms with Crippen LogP contribution in [0.1, 0.15) is 0 Å². The van der Waals surface area contributed by atoms with Crippen LogP contribution >= 0.6 is 0 Å². The third kappa shape index (κ3) is 5.51. The van der Waals surface area contributed by atoms with Gasteiger partial charge in [-0.3, -0.25) is 0 Å². The van der Waals surface area contributed by atoms with E-state index >= 15 is 0 Å². The van der Waals surface area contributed by atoms with E-state index in [0.717, 1.165) is 17.1 Å². The lowest BCUT2D eigenvalue weighted by atomic mass is 9.92. The molecule has 10 aromatic carbocycles. The largest absolute Gasteiger partial charge is 0.310 e. The molecule has 0 saturated carbocycles. The molecule has 53 heavy (non-hydrogen) atoms. The fraction of sp³-hybridized carbons (Fsp3) is 0. The Kier molecular flexibility index (Phi) is 7.55. The van der Waals surface area contributed by atoms with Gasteiger partial charge in [-0.1, -0.05) is 170 Å². The minimum absolute atomic E-state index is 1.11. The molecule has 1 nitrogen and oxygen atoms in total. The zero-order valence-electron chi connectivity index (χ0n) is 29.2. The maximum atomic E-state index is 2.37. The van der Waals surface area contributed by atoms with Crippen molar-refractivity contribution in [3.8, 4) is 33.4 Å². The van der Waals surface area contributed by atoms with Crippen LogP contribution in [-0.4, -0.2) is 0 Å². The molecule has 0 aliphatic carbocycles. The SMILES string of the molecule is c1ccc(-c2ccc(-c3cccc(N(c4ccccc4)c4ccc(-c5ccc6ccc7ccc8ccccc8c7c6c5)cc4)c3)c3ccccc23)cc1. The highest BCUT2D eigenvalue weighted by atomic mass is 15.1. The van der Waals surface area contributed by atoms with Crippen molar-refractivity contribution in [2.24, 2.45) is 0 Å². The highest BCUT2D eigenvalue weighted by Gasteiger charge is 2.16. The Morgan fingerprint density at radius 1 is 0.245 bits per heavy atom. The van der Waals surface area contributed by atoms with Gasteiger partial charge in [0.25, 0.3) is 0 Å². The van der Waals surface area contributed by atoms with Gasteiger partial charge >= 0.3 is 0 Å². The Hall–Kier alpha value is -6.96. The number of benzene rings is 10. The molecule has 0 amide bonds. The summed E-state index contributed by atoms with van der Waals surface area (Å²) in [5, 5.41) is 10.2. The minimum atomic E-state index is 1.11. The summed E-state index contributed by atoms with van der Waals surface area (Å²) >= 11 is 0. The first-order chi connectivity index (χ1) is 26.3. The average molecular weight is 674 g/mol. The van der Waals surface area contributed by atoms with E-state index in [1.807, 2.05) is 0 Å².